The number of hydrogen-bond donors (Lipinski definition) is 0. The minimum absolute atomic E-state index is 0.175. The number of hydrogen-bond acceptors (Lipinski definition) is 6. The lowest BCUT2D eigenvalue weighted by atomic mass is 10.00. The topological polar surface area (TPSA) is 59.0 Å². The molecule has 3 aromatic rings. The molecule has 2 aromatic heterocycles. The van der Waals surface area contributed by atoms with Crippen molar-refractivity contribution in [2.45, 2.75) is 31.1 Å². The highest BCUT2D eigenvalue weighted by Gasteiger charge is 2.31. The van der Waals surface area contributed by atoms with E-state index in [1.807, 2.05) is 0 Å². The first-order valence-corrected chi connectivity index (χ1v) is 12.2. The van der Waals surface area contributed by atoms with Gasteiger partial charge in [0.2, 0.25) is 5.16 Å². The summed E-state index contributed by atoms with van der Waals surface area (Å²) in [6, 6.07) is 6.83. The van der Waals surface area contributed by atoms with Crippen molar-refractivity contribution in [2.24, 2.45) is 5.92 Å². The normalized spacial score (nSPS) is 16.5. The van der Waals surface area contributed by atoms with Crippen LogP contribution in [0, 0.1) is 5.92 Å². The highest BCUT2D eigenvalue weighted by molar-refractivity contribution is 7.84. The lowest BCUT2D eigenvalue weighted by Gasteiger charge is -2.29. The summed E-state index contributed by atoms with van der Waals surface area (Å²) in [6.45, 7) is 3.92. The van der Waals surface area contributed by atoms with Gasteiger partial charge in [-0.25, -0.2) is 15.0 Å². The fourth-order valence-electron chi connectivity index (χ4n) is 3.46. The SMILES string of the molecule is CC1CCN(c2nc(-c3cccc(C(F)(F)F)c3)c(-c3ccnc(S(C)=O)n3)s2)CC1. The van der Waals surface area contributed by atoms with Gasteiger partial charge >= 0.3 is 6.18 Å². The number of alkyl halides is 3. The minimum atomic E-state index is -4.45. The lowest BCUT2D eigenvalue weighted by Crippen LogP contribution is -2.32. The van der Waals surface area contributed by atoms with Gasteiger partial charge in [0.15, 0.2) is 5.13 Å². The Balaban J connectivity index is 1.83. The molecule has 31 heavy (non-hydrogen) atoms. The van der Waals surface area contributed by atoms with E-state index in [4.69, 9.17) is 4.98 Å². The molecule has 164 valence electrons. The van der Waals surface area contributed by atoms with E-state index < -0.39 is 22.5 Å². The summed E-state index contributed by atoms with van der Waals surface area (Å²) < 4.78 is 51.8. The Hall–Kier alpha value is -2.33. The predicted octanol–water partition coefficient (Wildman–Crippen LogP) is 5.26. The Morgan fingerprint density at radius 1 is 1.16 bits per heavy atom. The van der Waals surface area contributed by atoms with Crippen molar-refractivity contribution in [3.63, 3.8) is 0 Å². The maximum Gasteiger partial charge on any atom is 0.416 e. The third kappa shape index (κ3) is 4.79. The van der Waals surface area contributed by atoms with Crippen LogP contribution in [0.15, 0.2) is 41.7 Å². The lowest BCUT2D eigenvalue weighted by molar-refractivity contribution is -0.137. The fraction of sp³-hybridized carbons (Fsp3) is 0.381. The summed E-state index contributed by atoms with van der Waals surface area (Å²) in [5.74, 6) is 0.641. The number of benzene rings is 1. The van der Waals surface area contributed by atoms with Crippen LogP contribution in [-0.4, -0.2) is 38.5 Å². The molecule has 0 radical (unpaired) electrons. The van der Waals surface area contributed by atoms with E-state index in [0.717, 1.165) is 43.2 Å². The van der Waals surface area contributed by atoms with Crippen molar-refractivity contribution in [1.82, 2.24) is 15.0 Å². The van der Waals surface area contributed by atoms with Crippen LogP contribution in [0.1, 0.15) is 25.3 Å². The van der Waals surface area contributed by atoms with Crippen LogP contribution in [0.25, 0.3) is 21.8 Å². The Bertz CT molecular complexity index is 1110. The minimum Gasteiger partial charge on any atom is -0.348 e. The zero-order valence-corrected chi connectivity index (χ0v) is 18.7. The first-order valence-electron chi connectivity index (χ1n) is 9.82. The summed E-state index contributed by atoms with van der Waals surface area (Å²) >= 11 is 1.39. The summed E-state index contributed by atoms with van der Waals surface area (Å²) in [5, 5.41) is 0.932. The van der Waals surface area contributed by atoms with E-state index >= 15 is 0 Å². The van der Waals surface area contributed by atoms with Crippen LogP contribution in [0.4, 0.5) is 18.3 Å². The van der Waals surface area contributed by atoms with Crippen molar-refractivity contribution in [3.05, 3.63) is 42.1 Å². The van der Waals surface area contributed by atoms with Crippen molar-refractivity contribution in [2.75, 3.05) is 24.2 Å². The number of anilines is 1. The standard InChI is InChI=1S/C21H21F3N4OS2/c1-13-7-10-28(11-8-13)20-27-17(14-4-3-5-15(12-14)21(22,23)24)18(30-20)16-6-9-25-19(26-16)31(2)29/h3-6,9,12-13H,7-8,10-11H2,1-2H3. The van der Waals surface area contributed by atoms with Crippen LogP contribution < -0.4 is 4.90 Å². The maximum absolute atomic E-state index is 13.3. The molecule has 1 unspecified atom stereocenters. The predicted molar refractivity (Wildman–Crippen MR) is 117 cm³/mol. The van der Waals surface area contributed by atoms with Crippen LogP contribution in [-0.2, 0) is 17.0 Å². The Morgan fingerprint density at radius 2 is 1.90 bits per heavy atom. The summed E-state index contributed by atoms with van der Waals surface area (Å²) in [5.41, 5.74) is 0.587. The molecule has 0 spiro atoms. The first kappa shape index (κ1) is 21.9. The van der Waals surface area contributed by atoms with Crippen molar-refractivity contribution in [3.8, 4) is 21.8 Å². The average Bonchev–Trinajstić information content (AvgIpc) is 3.19. The van der Waals surface area contributed by atoms with E-state index in [9.17, 15) is 17.4 Å². The Morgan fingerprint density at radius 3 is 2.58 bits per heavy atom. The molecule has 1 aliphatic heterocycles. The molecule has 10 heteroatoms. The molecular weight excluding hydrogens is 445 g/mol. The van der Waals surface area contributed by atoms with E-state index in [0.29, 0.717) is 27.7 Å². The summed E-state index contributed by atoms with van der Waals surface area (Å²) in [4.78, 5) is 16.0. The molecule has 5 nitrogen and oxygen atoms in total. The molecule has 3 heterocycles. The monoisotopic (exact) mass is 466 g/mol. The Labute approximate surface area is 184 Å². The summed E-state index contributed by atoms with van der Waals surface area (Å²) in [7, 11) is -1.38. The third-order valence-corrected chi connectivity index (χ3v) is 7.11. The summed E-state index contributed by atoms with van der Waals surface area (Å²) in [6.07, 6.45) is 0.635. The number of nitrogens with zero attached hydrogens (tertiary/aromatic N) is 4. The van der Waals surface area contributed by atoms with Crippen molar-refractivity contribution < 1.29 is 17.4 Å². The van der Waals surface area contributed by atoms with Gasteiger partial charge in [-0.3, -0.25) is 4.21 Å². The number of piperidine rings is 1. The number of aromatic nitrogens is 3. The van der Waals surface area contributed by atoms with E-state index in [-0.39, 0.29) is 5.16 Å². The second-order valence-corrected chi connectivity index (χ2v) is 9.85. The highest BCUT2D eigenvalue weighted by atomic mass is 32.2. The number of thiazole rings is 1. The molecule has 0 amide bonds. The van der Waals surface area contributed by atoms with Gasteiger partial charge in [0.05, 0.1) is 32.6 Å². The van der Waals surface area contributed by atoms with Gasteiger partial charge < -0.3 is 4.90 Å². The molecule has 0 N–H and O–H groups in total. The molecule has 1 aromatic carbocycles. The molecule has 1 saturated heterocycles. The molecule has 0 aliphatic carbocycles. The first-order chi connectivity index (χ1) is 14.7. The van der Waals surface area contributed by atoms with Crippen LogP contribution in [0.2, 0.25) is 0 Å². The van der Waals surface area contributed by atoms with Gasteiger partial charge in [0, 0.05) is 31.1 Å². The van der Waals surface area contributed by atoms with Gasteiger partial charge in [-0.15, -0.1) is 0 Å². The van der Waals surface area contributed by atoms with Crippen LogP contribution in [0.5, 0.6) is 0 Å². The van der Waals surface area contributed by atoms with E-state index in [2.05, 4.69) is 21.8 Å². The molecule has 0 saturated carbocycles. The number of rotatable bonds is 4. The fourth-order valence-corrected chi connectivity index (χ4v) is 5.01. The third-order valence-electron chi connectivity index (χ3n) is 5.26. The highest BCUT2D eigenvalue weighted by Crippen LogP contribution is 2.42. The van der Waals surface area contributed by atoms with Crippen molar-refractivity contribution in [1.29, 1.82) is 0 Å². The molecule has 1 aliphatic rings. The van der Waals surface area contributed by atoms with Gasteiger partial charge in [0.25, 0.3) is 0 Å². The molecule has 1 atom stereocenters. The van der Waals surface area contributed by atoms with Crippen LogP contribution in [0.3, 0.4) is 0 Å². The van der Waals surface area contributed by atoms with Gasteiger partial charge in [-0.1, -0.05) is 30.4 Å². The van der Waals surface area contributed by atoms with E-state index in [1.165, 1.54) is 29.9 Å². The second-order valence-electron chi connectivity index (χ2n) is 7.60. The molecule has 0 bridgehead atoms. The zero-order chi connectivity index (χ0) is 22.2. The number of halogens is 3. The molecule has 4 rings (SSSR count). The van der Waals surface area contributed by atoms with E-state index in [1.54, 1.807) is 12.1 Å². The van der Waals surface area contributed by atoms with Crippen LogP contribution >= 0.6 is 11.3 Å². The van der Waals surface area contributed by atoms with Crippen molar-refractivity contribution >= 4 is 27.3 Å². The largest absolute Gasteiger partial charge is 0.416 e. The smallest absolute Gasteiger partial charge is 0.348 e. The zero-order valence-electron chi connectivity index (χ0n) is 17.0. The molecule has 1 fully saturated rings. The van der Waals surface area contributed by atoms with Gasteiger partial charge in [-0.2, -0.15) is 13.2 Å². The second kappa shape index (κ2) is 8.66. The molecular formula is C21H21F3N4OS2. The van der Waals surface area contributed by atoms with Gasteiger partial charge in [0.1, 0.15) is 0 Å². The average molecular weight is 467 g/mol. The quantitative estimate of drug-likeness (QED) is 0.491. The van der Waals surface area contributed by atoms with Gasteiger partial charge in [-0.05, 0) is 37.0 Å². The maximum atomic E-state index is 13.3. The Kier molecular flexibility index (Phi) is 6.11.